The van der Waals surface area contributed by atoms with Crippen molar-refractivity contribution in [2.75, 3.05) is 16.4 Å². The van der Waals surface area contributed by atoms with Gasteiger partial charge in [-0.05, 0) is 49.4 Å². The van der Waals surface area contributed by atoms with E-state index < -0.39 is 0 Å². The number of carbonyl (C=O) groups is 2. The van der Waals surface area contributed by atoms with Gasteiger partial charge in [-0.3, -0.25) is 9.59 Å². The molecule has 0 aliphatic rings. The molecular formula is C22H18Cl2N2O2S. The molecule has 4 nitrogen and oxygen atoms in total. The number of halogens is 2. The highest BCUT2D eigenvalue weighted by Crippen LogP contribution is 2.28. The van der Waals surface area contributed by atoms with E-state index in [0.29, 0.717) is 26.2 Å². The second-order valence-electron chi connectivity index (χ2n) is 6.28. The summed E-state index contributed by atoms with van der Waals surface area (Å²) < 4.78 is 0. The first kappa shape index (κ1) is 21.2. The van der Waals surface area contributed by atoms with Gasteiger partial charge in [0.25, 0.3) is 5.91 Å². The highest BCUT2D eigenvalue weighted by Gasteiger charge is 2.14. The Balaban J connectivity index is 1.65. The third kappa shape index (κ3) is 6.00. The number of hydrogen-bond acceptors (Lipinski definition) is 3. The smallest absolute Gasteiger partial charge is 0.256 e. The van der Waals surface area contributed by atoms with E-state index in [1.807, 2.05) is 43.3 Å². The molecule has 0 unspecified atom stereocenters. The molecule has 0 fully saturated rings. The number of thioether (sulfide) groups is 1. The van der Waals surface area contributed by atoms with Crippen LogP contribution < -0.4 is 10.6 Å². The van der Waals surface area contributed by atoms with E-state index in [1.165, 1.54) is 11.8 Å². The standard InChI is InChI=1S/C22H18Cl2N2O2S/c1-14-6-9-16(10-7-14)25-21(27)13-29-20-5-3-2-4-17(20)22(28)26-19-11-8-15(23)12-18(19)24/h2-12H,13H2,1H3,(H,25,27)(H,26,28). The van der Waals surface area contributed by atoms with E-state index in [2.05, 4.69) is 10.6 Å². The molecule has 0 atom stereocenters. The largest absolute Gasteiger partial charge is 0.325 e. The molecule has 0 saturated heterocycles. The molecule has 2 amide bonds. The average molecular weight is 445 g/mol. The van der Waals surface area contributed by atoms with Crippen molar-refractivity contribution in [2.24, 2.45) is 0 Å². The average Bonchev–Trinajstić information content (AvgIpc) is 2.70. The molecule has 0 aromatic heterocycles. The zero-order chi connectivity index (χ0) is 20.8. The molecule has 0 aliphatic carbocycles. The lowest BCUT2D eigenvalue weighted by Gasteiger charge is -2.11. The van der Waals surface area contributed by atoms with Crippen molar-refractivity contribution in [1.82, 2.24) is 0 Å². The Hall–Kier alpha value is -2.47. The Kier molecular flexibility index (Phi) is 7.20. The molecule has 29 heavy (non-hydrogen) atoms. The summed E-state index contributed by atoms with van der Waals surface area (Å²) >= 11 is 13.3. The lowest BCUT2D eigenvalue weighted by atomic mass is 10.2. The molecule has 2 N–H and O–H groups in total. The molecule has 7 heteroatoms. The van der Waals surface area contributed by atoms with Crippen LogP contribution in [0.2, 0.25) is 10.0 Å². The van der Waals surface area contributed by atoms with Gasteiger partial charge < -0.3 is 10.6 Å². The third-order valence-electron chi connectivity index (χ3n) is 4.01. The van der Waals surface area contributed by atoms with Crippen LogP contribution in [0.15, 0.2) is 71.6 Å². The van der Waals surface area contributed by atoms with Crippen LogP contribution in [-0.4, -0.2) is 17.6 Å². The van der Waals surface area contributed by atoms with Crippen LogP contribution in [0.3, 0.4) is 0 Å². The molecule has 0 bridgehead atoms. The molecule has 148 valence electrons. The lowest BCUT2D eigenvalue weighted by Crippen LogP contribution is -2.16. The SMILES string of the molecule is Cc1ccc(NC(=O)CSc2ccccc2C(=O)Nc2ccc(Cl)cc2Cl)cc1. The maximum Gasteiger partial charge on any atom is 0.256 e. The number of rotatable bonds is 6. The highest BCUT2D eigenvalue weighted by molar-refractivity contribution is 8.00. The fraction of sp³-hybridized carbons (Fsp3) is 0.0909. The van der Waals surface area contributed by atoms with Gasteiger partial charge in [0, 0.05) is 15.6 Å². The number of amides is 2. The first-order valence-corrected chi connectivity index (χ1v) is 10.5. The number of aryl methyl sites for hydroxylation is 1. The number of hydrogen-bond donors (Lipinski definition) is 2. The second-order valence-corrected chi connectivity index (χ2v) is 8.14. The molecule has 0 radical (unpaired) electrons. The van der Waals surface area contributed by atoms with Crippen LogP contribution in [0.4, 0.5) is 11.4 Å². The van der Waals surface area contributed by atoms with Gasteiger partial charge in [0.05, 0.1) is 22.0 Å². The van der Waals surface area contributed by atoms with E-state index in [9.17, 15) is 9.59 Å². The van der Waals surface area contributed by atoms with Crippen LogP contribution >= 0.6 is 35.0 Å². The lowest BCUT2D eigenvalue weighted by molar-refractivity contribution is -0.113. The Morgan fingerprint density at radius 2 is 1.66 bits per heavy atom. The first-order chi connectivity index (χ1) is 13.9. The summed E-state index contributed by atoms with van der Waals surface area (Å²) in [6.07, 6.45) is 0. The van der Waals surface area contributed by atoms with Gasteiger partial charge in [0.15, 0.2) is 0 Å². The van der Waals surface area contributed by atoms with Gasteiger partial charge >= 0.3 is 0 Å². The topological polar surface area (TPSA) is 58.2 Å². The van der Waals surface area contributed by atoms with Crippen LogP contribution in [-0.2, 0) is 4.79 Å². The third-order valence-corrected chi connectivity index (χ3v) is 5.63. The molecule has 3 aromatic carbocycles. The Bertz CT molecular complexity index is 1040. The van der Waals surface area contributed by atoms with Crippen molar-refractivity contribution >= 4 is 58.2 Å². The van der Waals surface area contributed by atoms with Crippen LogP contribution in [0.25, 0.3) is 0 Å². The van der Waals surface area contributed by atoms with E-state index in [-0.39, 0.29) is 17.6 Å². The molecule has 0 aliphatic heterocycles. The number of benzene rings is 3. The van der Waals surface area contributed by atoms with Gasteiger partial charge in [-0.15, -0.1) is 11.8 Å². The molecule has 3 rings (SSSR count). The van der Waals surface area contributed by atoms with E-state index >= 15 is 0 Å². The van der Waals surface area contributed by atoms with Gasteiger partial charge in [-0.2, -0.15) is 0 Å². The summed E-state index contributed by atoms with van der Waals surface area (Å²) in [5.41, 5.74) is 2.80. The monoisotopic (exact) mass is 444 g/mol. The predicted octanol–water partition coefficient (Wildman–Crippen LogP) is 6.28. The van der Waals surface area contributed by atoms with Gasteiger partial charge in [0.2, 0.25) is 5.91 Å². The minimum absolute atomic E-state index is 0.144. The van der Waals surface area contributed by atoms with E-state index in [1.54, 1.807) is 30.3 Å². The van der Waals surface area contributed by atoms with E-state index in [0.717, 1.165) is 11.3 Å². The number of carbonyl (C=O) groups excluding carboxylic acids is 2. The van der Waals surface area contributed by atoms with Gasteiger partial charge in [-0.1, -0.05) is 53.0 Å². The maximum absolute atomic E-state index is 12.7. The number of nitrogens with one attached hydrogen (secondary N) is 2. The van der Waals surface area contributed by atoms with Crippen molar-refractivity contribution in [1.29, 1.82) is 0 Å². The fourth-order valence-electron chi connectivity index (χ4n) is 2.54. The zero-order valence-corrected chi connectivity index (χ0v) is 17.9. The van der Waals surface area contributed by atoms with Crippen LogP contribution in [0.1, 0.15) is 15.9 Å². The quantitative estimate of drug-likeness (QED) is 0.439. The molecule has 3 aromatic rings. The zero-order valence-electron chi connectivity index (χ0n) is 15.5. The predicted molar refractivity (Wildman–Crippen MR) is 121 cm³/mol. The van der Waals surface area contributed by atoms with Crippen molar-refractivity contribution in [2.45, 2.75) is 11.8 Å². The van der Waals surface area contributed by atoms with Crippen molar-refractivity contribution in [3.05, 3.63) is 87.9 Å². The van der Waals surface area contributed by atoms with E-state index in [4.69, 9.17) is 23.2 Å². The summed E-state index contributed by atoms with van der Waals surface area (Å²) in [7, 11) is 0. The Morgan fingerprint density at radius 3 is 2.38 bits per heavy atom. The summed E-state index contributed by atoms with van der Waals surface area (Å²) in [5.74, 6) is -0.272. The summed E-state index contributed by atoms with van der Waals surface area (Å²) in [5, 5.41) is 6.48. The molecule has 0 spiro atoms. The molecule has 0 heterocycles. The first-order valence-electron chi connectivity index (χ1n) is 8.77. The highest BCUT2D eigenvalue weighted by atomic mass is 35.5. The summed E-state index contributed by atoms with van der Waals surface area (Å²) in [6.45, 7) is 1.99. The van der Waals surface area contributed by atoms with Crippen molar-refractivity contribution < 1.29 is 9.59 Å². The minimum Gasteiger partial charge on any atom is -0.325 e. The van der Waals surface area contributed by atoms with Crippen LogP contribution in [0, 0.1) is 6.92 Å². The number of anilines is 2. The fourth-order valence-corrected chi connectivity index (χ4v) is 3.84. The summed E-state index contributed by atoms with van der Waals surface area (Å²) in [6, 6.07) is 19.6. The van der Waals surface area contributed by atoms with Crippen LogP contribution in [0.5, 0.6) is 0 Å². The Labute approximate surface area is 183 Å². The second kappa shape index (κ2) is 9.83. The summed E-state index contributed by atoms with van der Waals surface area (Å²) in [4.78, 5) is 25.7. The van der Waals surface area contributed by atoms with Gasteiger partial charge in [0.1, 0.15) is 0 Å². The minimum atomic E-state index is -0.309. The van der Waals surface area contributed by atoms with Crippen molar-refractivity contribution in [3.8, 4) is 0 Å². The maximum atomic E-state index is 12.7. The van der Waals surface area contributed by atoms with Crippen molar-refractivity contribution in [3.63, 3.8) is 0 Å². The molecular weight excluding hydrogens is 427 g/mol. The van der Waals surface area contributed by atoms with Gasteiger partial charge in [-0.25, -0.2) is 0 Å². The normalized spacial score (nSPS) is 10.4. The molecule has 0 saturated carbocycles. The Morgan fingerprint density at radius 1 is 0.931 bits per heavy atom.